The average Bonchev–Trinajstić information content (AvgIpc) is 3.02. The molecule has 1 aliphatic heterocycles. The van der Waals surface area contributed by atoms with E-state index in [1.54, 1.807) is 77.4 Å². The molecule has 1 aliphatic rings. The van der Waals surface area contributed by atoms with E-state index in [-0.39, 0.29) is 24.7 Å². The van der Waals surface area contributed by atoms with Gasteiger partial charge in [-0.1, -0.05) is 23.2 Å². The topological polar surface area (TPSA) is 40.6 Å². The Balaban J connectivity index is 1.52. The molecule has 0 N–H and O–H groups in total. The minimum Gasteiger partial charge on any atom is -0.345 e. The third-order valence-corrected chi connectivity index (χ3v) is 4.23. The summed E-state index contributed by atoms with van der Waals surface area (Å²) in [5.41, 5.74) is 1.20. The summed E-state index contributed by atoms with van der Waals surface area (Å²) in [6.07, 6.45) is 3.53. The first-order valence-electron chi connectivity index (χ1n) is 7.63. The predicted octanol–water partition coefficient (Wildman–Crippen LogP) is 4.27. The van der Waals surface area contributed by atoms with Gasteiger partial charge in [-0.25, -0.2) is 0 Å². The predicted molar refractivity (Wildman–Crippen MR) is 98.4 cm³/mol. The summed E-state index contributed by atoms with van der Waals surface area (Å²) in [6.45, 7) is 2.13. The molecular weight excluding hydrogens is 359 g/mol. The van der Waals surface area contributed by atoms with Crippen LogP contribution in [0, 0.1) is 6.67 Å². The van der Waals surface area contributed by atoms with E-state index in [1.807, 2.05) is 0 Å². The van der Waals surface area contributed by atoms with Crippen LogP contribution in [0.2, 0.25) is 10.0 Å². The standard InChI is InChI=1S/C19H15Cl2N2O2/c20-16-5-1-14(2-6-16)18(24)11-22-9-10-23(13-22)12-19(25)15-3-7-17(21)8-4-15/h1-10,13H,11-12H2. The SMILES string of the molecule is O=C(CN1[CH]N(CC(=O)c2ccc(Cl)cc2)C=C1)c1ccc(Cl)cc1. The molecule has 4 nitrogen and oxygen atoms in total. The van der Waals surface area contributed by atoms with Crippen LogP contribution >= 0.6 is 23.2 Å². The highest BCUT2D eigenvalue weighted by Gasteiger charge is 2.19. The second-order valence-corrected chi connectivity index (χ2v) is 6.49. The summed E-state index contributed by atoms with van der Waals surface area (Å²) in [7, 11) is 0. The van der Waals surface area contributed by atoms with Gasteiger partial charge in [0.15, 0.2) is 11.6 Å². The fourth-order valence-electron chi connectivity index (χ4n) is 2.41. The lowest BCUT2D eigenvalue weighted by Gasteiger charge is -2.19. The molecule has 0 amide bonds. The second-order valence-electron chi connectivity index (χ2n) is 5.62. The lowest BCUT2D eigenvalue weighted by molar-refractivity contribution is 0.0947. The van der Waals surface area contributed by atoms with Gasteiger partial charge in [0, 0.05) is 33.6 Å². The zero-order chi connectivity index (χ0) is 17.8. The van der Waals surface area contributed by atoms with Crippen LogP contribution in [0.25, 0.3) is 0 Å². The molecule has 0 aliphatic carbocycles. The molecule has 1 heterocycles. The van der Waals surface area contributed by atoms with Crippen LogP contribution in [0.15, 0.2) is 60.9 Å². The molecule has 6 heteroatoms. The molecule has 0 bridgehead atoms. The third-order valence-electron chi connectivity index (χ3n) is 3.73. The lowest BCUT2D eigenvalue weighted by atomic mass is 10.1. The van der Waals surface area contributed by atoms with Crippen molar-refractivity contribution in [3.63, 3.8) is 0 Å². The van der Waals surface area contributed by atoms with Crippen molar-refractivity contribution >= 4 is 34.8 Å². The highest BCUT2D eigenvalue weighted by Crippen LogP contribution is 2.16. The quantitative estimate of drug-likeness (QED) is 0.709. The highest BCUT2D eigenvalue weighted by atomic mass is 35.5. The molecule has 2 aromatic rings. The normalized spacial score (nSPS) is 13.4. The van der Waals surface area contributed by atoms with Gasteiger partial charge in [-0.15, -0.1) is 0 Å². The van der Waals surface area contributed by atoms with Gasteiger partial charge in [0.25, 0.3) is 0 Å². The van der Waals surface area contributed by atoms with Crippen molar-refractivity contribution < 1.29 is 9.59 Å². The van der Waals surface area contributed by atoms with Gasteiger partial charge in [-0.05, 0) is 48.5 Å². The van der Waals surface area contributed by atoms with E-state index >= 15 is 0 Å². The average molecular weight is 374 g/mol. The maximum absolute atomic E-state index is 12.3. The lowest BCUT2D eigenvalue weighted by Crippen LogP contribution is -2.28. The summed E-state index contributed by atoms with van der Waals surface area (Å²) < 4.78 is 0. The van der Waals surface area contributed by atoms with E-state index in [2.05, 4.69) is 0 Å². The largest absolute Gasteiger partial charge is 0.345 e. The Morgan fingerprint density at radius 1 is 0.680 bits per heavy atom. The van der Waals surface area contributed by atoms with Gasteiger partial charge < -0.3 is 9.80 Å². The molecule has 2 aromatic carbocycles. The molecule has 0 fully saturated rings. The summed E-state index contributed by atoms with van der Waals surface area (Å²) in [5, 5.41) is 1.19. The minimum absolute atomic E-state index is 0.0246. The van der Waals surface area contributed by atoms with Gasteiger partial charge in [0.1, 0.15) is 6.67 Å². The van der Waals surface area contributed by atoms with Crippen LogP contribution in [0.3, 0.4) is 0 Å². The number of carbonyl (C=O) groups is 2. The first kappa shape index (κ1) is 17.5. The maximum atomic E-state index is 12.3. The summed E-state index contributed by atoms with van der Waals surface area (Å²) in [4.78, 5) is 28.0. The van der Waals surface area contributed by atoms with Gasteiger partial charge in [0.05, 0.1) is 13.1 Å². The van der Waals surface area contributed by atoms with Crippen molar-refractivity contribution in [2.45, 2.75) is 0 Å². The number of nitrogens with zero attached hydrogens (tertiary/aromatic N) is 2. The van der Waals surface area contributed by atoms with Crippen LogP contribution in [0.5, 0.6) is 0 Å². The van der Waals surface area contributed by atoms with Gasteiger partial charge in [-0.2, -0.15) is 0 Å². The summed E-state index contributed by atoms with van der Waals surface area (Å²) in [6, 6.07) is 13.6. The fourth-order valence-corrected chi connectivity index (χ4v) is 2.66. The number of Topliss-reactive ketones (excluding diaryl/α,β-unsaturated/α-hetero) is 2. The first-order chi connectivity index (χ1) is 12.0. The van der Waals surface area contributed by atoms with Crippen molar-refractivity contribution in [1.82, 2.24) is 9.80 Å². The van der Waals surface area contributed by atoms with E-state index < -0.39 is 0 Å². The van der Waals surface area contributed by atoms with Gasteiger partial charge in [0.2, 0.25) is 0 Å². The molecule has 0 aromatic heterocycles. The Hall–Kier alpha value is -2.30. The van der Waals surface area contributed by atoms with Crippen LogP contribution in [0.1, 0.15) is 20.7 Å². The Morgan fingerprint density at radius 3 is 1.40 bits per heavy atom. The Labute approximate surface area is 156 Å². The van der Waals surface area contributed by atoms with E-state index in [0.717, 1.165) is 0 Å². The van der Waals surface area contributed by atoms with Crippen LogP contribution in [-0.4, -0.2) is 34.5 Å². The van der Waals surface area contributed by atoms with Crippen molar-refractivity contribution in [3.05, 3.63) is 88.8 Å². The van der Waals surface area contributed by atoms with Crippen molar-refractivity contribution in [2.24, 2.45) is 0 Å². The Bertz CT molecular complexity index is 734. The molecule has 0 saturated carbocycles. The zero-order valence-electron chi connectivity index (χ0n) is 13.2. The van der Waals surface area contributed by atoms with E-state index in [0.29, 0.717) is 21.2 Å². The second kappa shape index (κ2) is 7.72. The third kappa shape index (κ3) is 4.62. The summed E-state index contributed by atoms with van der Waals surface area (Å²) in [5.74, 6) is -0.0492. The maximum Gasteiger partial charge on any atom is 0.182 e. The molecule has 127 valence electrons. The van der Waals surface area contributed by atoms with E-state index in [9.17, 15) is 9.59 Å². The smallest absolute Gasteiger partial charge is 0.182 e. The zero-order valence-corrected chi connectivity index (χ0v) is 14.7. The molecule has 0 atom stereocenters. The molecule has 1 radical (unpaired) electrons. The van der Waals surface area contributed by atoms with Crippen molar-refractivity contribution in [3.8, 4) is 0 Å². The molecule has 0 unspecified atom stereocenters. The van der Waals surface area contributed by atoms with Crippen molar-refractivity contribution in [1.29, 1.82) is 0 Å². The molecular formula is C19H15Cl2N2O2. The highest BCUT2D eigenvalue weighted by molar-refractivity contribution is 6.31. The van der Waals surface area contributed by atoms with Gasteiger partial charge >= 0.3 is 0 Å². The molecule has 25 heavy (non-hydrogen) atoms. The van der Waals surface area contributed by atoms with Gasteiger partial charge in [-0.3, -0.25) is 9.59 Å². The minimum atomic E-state index is -0.0246. The van der Waals surface area contributed by atoms with E-state index in [1.165, 1.54) is 0 Å². The Morgan fingerprint density at radius 2 is 1.04 bits per heavy atom. The monoisotopic (exact) mass is 373 g/mol. The first-order valence-corrected chi connectivity index (χ1v) is 8.39. The number of carbonyl (C=O) groups excluding carboxylic acids is 2. The number of benzene rings is 2. The fraction of sp³-hybridized carbons (Fsp3) is 0.105. The number of rotatable bonds is 6. The van der Waals surface area contributed by atoms with Crippen LogP contribution in [-0.2, 0) is 0 Å². The number of ketones is 2. The molecule has 0 spiro atoms. The number of hydrogen-bond acceptors (Lipinski definition) is 4. The van der Waals surface area contributed by atoms with E-state index in [4.69, 9.17) is 23.2 Å². The molecule has 0 saturated heterocycles. The van der Waals surface area contributed by atoms with Crippen LogP contribution < -0.4 is 0 Å². The van der Waals surface area contributed by atoms with Crippen molar-refractivity contribution in [2.75, 3.05) is 13.1 Å². The molecule has 3 rings (SSSR count). The number of halogens is 2. The Kier molecular flexibility index (Phi) is 5.41. The van der Waals surface area contributed by atoms with Crippen LogP contribution in [0.4, 0.5) is 0 Å². The summed E-state index contributed by atoms with van der Waals surface area (Å²) >= 11 is 11.7. The number of hydrogen-bond donors (Lipinski definition) is 0.